The molecule has 2 aromatic rings. The smallest absolute Gasteiger partial charge is 0.308 e. The van der Waals surface area contributed by atoms with Crippen molar-refractivity contribution >= 4 is 55.7 Å². The molecule has 1 aromatic carbocycles. The van der Waals surface area contributed by atoms with Crippen LogP contribution in [0, 0.1) is 0 Å². The van der Waals surface area contributed by atoms with Gasteiger partial charge < -0.3 is 5.11 Å². The van der Waals surface area contributed by atoms with Crippen LogP contribution in [0.1, 0.15) is 4.88 Å². The minimum atomic E-state index is -3.86. The Bertz CT molecular complexity index is 789. The molecule has 0 bridgehead atoms. The van der Waals surface area contributed by atoms with Crippen LogP contribution in [-0.2, 0) is 21.2 Å². The van der Waals surface area contributed by atoms with Crippen molar-refractivity contribution in [3.05, 3.63) is 39.3 Å². The lowest BCUT2D eigenvalue weighted by atomic mass is 10.4. The summed E-state index contributed by atoms with van der Waals surface area (Å²) in [5.41, 5.74) is 0. The molecule has 2 N–H and O–H groups in total. The van der Waals surface area contributed by atoms with Gasteiger partial charge in [-0.1, -0.05) is 23.2 Å². The lowest BCUT2D eigenvalue weighted by Crippen LogP contribution is -2.12. The molecule has 0 radical (unpaired) electrons. The molecule has 0 aliphatic heterocycles. The van der Waals surface area contributed by atoms with Gasteiger partial charge in [0, 0.05) is 11.1 Å². The van der Waals surface area contributed by atoms with E-state index < -0.39 is 16.0 Å². The van der Waals surface area contributed by atoms with E-state index in [2.05, 4.69) is 9.71 Å². The Morgan fingerprint density at radius 3 is 2.67 bits per heavy atom. The van der Waals surface area contributed by atoms with Crippen molar-refractivity contribution in [2.75, 3.05) is 4.72 Å². The van der Waals surface area contributed by atoms with Crippen molar-refractivity contribution in [1.29, 1.82) is 0 Å². The molecule has 0 fully saturated rings. The largest absolute Gasteiger partial charge is 0.481 e. The van der Waals surface area contributed by atoms with E-state index in [1.54, 1.807) is 0 Å². The van der Waals surface area contributed by atoms with E-state index >= 15 is 0 Å². The molecule has 21 heavy (non-hydrogen) atoms. The second-order valence-corrected chi connectivity index (χ2v) is 7.50. The summed E-state index contributed by atoms with van der Waals surface area (Å²) in [6.45, 7) is 0. The third-order valence-electron chi connectivity index (χ3n) is 2.30. The molecule has 0 atom stereocenters. The predicted octanol–water partition coefficient (Wildman–Crippen LogP) is 2.88. The molecule has 0 aliphatic carbocycles. The molecule has 0 amide bonds. The van der Waals surface area contributed by atoms with Crippen molar-refractivity contribution < 1.29 is 18.3 Å². The normalized spacial score (nSPS) is 11.3. The summed E-state index contributed by atoms with van der Waals surface area (Å²) in [6, 6.07) is 3.90. The third-order valence-corrected chi connectivity index (χ3v) is 5.42. The monoisotopic (exact) mass is 366 g/mol. The third kappa shape index (κ3) is 4.07. The number of anilines is 1. The number of nitrogens with one attached hydrogen (secondary N) is 1. The number of thiazole rings is 1. The number of carbonyl (C=O) groups is 1. The molecule has 10 heteroatoms. The fourth-order valence-electron chi connectivity index (χ4n) is 1.40. The molecule has 0 saturated heterocycles. The fraction of sp³-hybridized carbons (Fsp3) is 0.0909. The number of hydrogen-bond acceptors (Lipinski definition) is 5. The van der Waals surface area contributed by atoms with E-state index in [1.807, 2.05) is 0 Å². The second kappa shape index (κ2) is 6.18. The van der Waals surface area contributed by atoms with Crippen LogP contribution in [0.2, 0.25) is 10.0 Å². The van der Waals surface area contributed by atoms with Gasteiger partial charge in [0.15, 0.2) is 5.13 Å². The minimum absolute atomic E-state index is 0.0631. The van der Waals surface area contributed by atoms with Gasteiger partial charge in [-0.05, 0) is 18.2 Å². The number of rotatable bonds is 5. The maximum atomic E-state index is 12.1. The van der Waals surface area contributed by atoms with Crippen molar-refractivity contribution in [3.63, 3.8) is 0 Å². The van der Waals surface area contributed by atoms with Gasteiger partial charge in [0.2, 0.25) is 0 Å². The van der Waals surface area contributed by atoms with Gasteiger partial charge in [-0.3, -0.25) is 9.52 Å². The lowest BCUT2D eigenvalue weighted by molar-refractivity contribution is -0.136. The quantitative estimate of drug-likeness (QED) is 0.847. The summed E-state index contributed by atoms with van der Waals surface area (Å²) >= 11 is 12.5. The zero-order valence-electron chi connectivity index (χ0n) is 10.2. The number of sulfonamides is 1. The van der Waals surface area contributed by atoms with Gasteiger partial charge in [0.05, 0.1) is 21.4 Å². The Balaban J connectivity index is 2.22. The SMILES string of the molecule is O=C(O)Cc1cnc(NS(=O)(=O)c2ccc(Cl)c(Cl)c2)s1. The number of benzene rings is 1. The van der Waals surface area contributed by atoms with Crippen molar-refractivity contribution in [2.45, 2.75) is 11.3 Å². The van der Waals surface area contributed by atoms with Crippen LogP contribution in [0.3, 0.4) is 0 Å². The average Bonchev–Trinajstić information content (AvgIpc) is 2.78. The highest BCUT2D eigenvalue weighted by atomic mass is 35.5. The van der Waals surface area contributed by atoms with Gasteiger partial charge in [0.1, 0.15) is 0 Å². The van der Waals surface area contributed by atoms with Crippen LogP contribution in [0.15, 0.2) is 29.3 Å². The summed E-state index contributed by atoms with van der Waals surface area (Å²) in [6.07, 6.45) is 1.09. The molecule has 1 heterocycles. The Morgan fingerprint density at radius 1 is 1.33 bits per heavy atom. The van der Waals surface area contributed by atoms with E-state index in [-0.39, 0.29) is 26.5 Å². The van der Waals surface area contributed by atoms with E-state index in [9.17, 15) is 13.2 Å². The summed E-state index contributed by atoms with van der Waals surface area (Å²) in [4.78, 5) is 14.8. The molecule has 6 nitrogen and oxygen atoms in total. The first-order valence-corrected chi connectivity index (χ1v) is 8.48. The Labute approximate surface area is 134 Å². The topological polar surface area (TPSA) is 96.4 Å². The molecule has 0 unspecified atom stereocenters. The van der Waals surface area contributed by atoms with Crippen LogP contribution in [-0.4, -0.2) is 24.5 Å². The van der Waals surface area contributed by atoms with Crippen LogP contribution in [0.5, 0.6) is 0 Å². The average molecular weight is 367 g/mol. The molecule has 2 rings (SSSR count). The molecule has 1 aromatic heterocycles. The summed E-state index contributed by atoms with van der Waals surface area (Å²) in [5, 5.41) is 9.10. The van der Waals surface area contributed by atoms with Gasteiger partial charge in [-0.15, -0.1) is 11.3 Å². The van der Waals surface area contributed by atoms with Gasteiger partial charge in [-0.2, -0.15) is 0 Å². The summed E-state index contributed by atoms with van der Waals surface area (Å²) in [7, 11) is -3.86. The molecule has 0 aliphatic rings. The maximum Gasteiger partial charge on any atom is 0.308 e. The van der Waals surface area contributed by atoms with E-state index in [0.717, 1.165) is 11.3 Å². The summed E-state index contributed by atoms with van der Waals surface area (Å²) in [5.74, 6) is -1.02. The molecule has 0 saturated carbocycles. The molecule has 0 spiro atoms. The van der Waals surface area contributed by atoms with E-state index in [0.29, 0.717) is 4.88 Å². The highest BCUT2D eigenvalue weighted by Gasteiger charge is 2.18. The van der Waals surface area contributed by atoms with Crippen molar-refractivity contribution in [3.8, 4) is 0 Å². The standard InChI is InChI=1S/C11H8Cl2N2O4S2/c12-8-2-1-7(4-9(8)13)21(18,19)15-11-14-5-6(20-11)3-10(16)17/h1-2,4-5H,3H2,(H,14,15)(H,16,17). The Kier molecular flexibility index (Phi) is 4.72. The zero-order valence-corrected chi connectivity index (χ0v) is 13.4. The highest BCUT2D eigenvalue weighted by molar-refractivity contribution is 7.93. The zero-order chi connectivity index (χ0) is 15.6. The Morgan fingerprint density at radius 2 is 2.05 bits per heavy atom. The van der Waals surface area contributed by atoms with Crippen LogP contribution in [0.4, 0.5) is 5.13 Å². The number of carboxylic acids is 1. The maximum absolute atomic E-state index is 12.1. The molecular formula is C11H8Cl2N2O4S2. The first kappa shape index (κ1) is 16.0. The number of aromatic nitrogens is 1. The molecule has 112 valence electrons. The van der Waals surface area contributed by atoms with Crippen molar-refractivity contribution in [1.82, 2.24) is 4.98 Å². The Hall–Kier alpha value is -1.35. The van der Waals surface area contributed by atoms with Gasteiger partial charge in [-0.25, -0.2) is 13.4 Å². The lowest BCUT2D eigenvalue weighted by Gasteiger charge is -2.06. The first-order chi connectivity index (χ1) is 9.78. The predicted molar refractivity (Wildman–Crippen MR) is 80.7 cm³/mol. The van der Waals surface area contributed by atoms with E-state index in [4.69, 9.17) is 28.3 Å². The highest BCUT2D eigenvalue weighted by Crippen LogP contribution is 2.27. The van der Waals surface area contributed by atoms with Gasteiger partial charge in [0.25, 0.3) is 10.0 Å². The van der Waals surface area contributed by atoms with Crippen molar-refractivity contribution in [2.24, 2.45) is 0 Å². The number of aliphatic carboxylic acids is 1. The first-order valence-electron chi connectivity index (χ1n) is 5.42. The van der Waals surface area contributed by atoms with Crippen LogP contribution in [0.25, 0.3) is 0 Å². The number of hydrogen-bond donors (Lipinski definition) is 2. The fourth-order valence-corrected chi connectivity index (χ4v) is 3.84. The van der Waals surface area contributed by atoms with Crippen LogP contribution >= 0.6 is 34.5 Å². The minimum Gasteiger partial charge on any atom is -0.481 e. The van der Waals surface area contributed by atoms with Gasteiger partial charge >= 0.3 is 5.97 Å². The van der Waals surface area contributed by atoms with Crippen LogP contribution < -0.4 is 4.72 Å². The number of carboxylic acid groups (broad SMARTS) is 1. The molecular weight excluding hydrogens is 359 g/mol. The number of halogens is 2. The summed E-state index contributed by atoms with van der Waals surface area (Å²) < 4.78 is 26.5. The second-order valence-electron chi connectivity index (χ2n) is 3.88. The number of nitrogens with zero attached hydrogens (tertiary/aromatic N) is 1. The van der Waals surface area contributed by atoms with E-state index in [1.165, 1.54) is 24.4 Å².